The minimum atomic E-state index is -0.409. The van der Waals surface area contributed by atoms with Crippen molar-refractivity contribution >= 4 is 11.7 Å². The fourth-order valence-electron chi connectivity index (χ4n) is 1.14. The Morgan fingerprint density at radius 3 is 2.80 bits per heavy atom. The number of anilines is 1. The van der Waals surface area contributed by atoms with Gasteiger partial charge in [0.15, 0.2) is 0 Å². The van der Waals surface area contributed by atoms with E-state index in [1.165, 1.54) is 0 Å². The van der Waals surface area contributed by atoms with E-state index in [2.05, 4.69) is 0 Å². The summed E-state index contributed by atoms with van der Waals surface area (Å²) in [5.41, 5.74) is 7.48. The molecule has 0 aliphatic rings. The van der Waals surface area contributed by atoms with Gasteiger partial charge in [-0.15, -0.1) is 0 Å². The fourth-order valence-corrected chi connectivity index (χ4v) is 1.14. The van der Waals surface area contributed by atoms with E-state index in [0.29, 0.717) is 17.9 Å². The Morgan fingerprint density at radius 2 is 2.13 bits per heavy atom. The molecule has 0 atom stereocenters. The Bertz CT molecular complexity index is 350. The van der Waals surface area contributed by atoms with Crippen molar-refractivity contribution in [3.05, 3.63) is 29.3 Å². The molecule has 0 amide bonds. The van der Waals surface area contributed by atoms with Gasteiger partial charge in [-0.05, 0) is 19.1 Å². The number of ether oxygens (including phenoxy) is 2. The highest BCUT2D eigenvalue weighted by molar-refractivity contribution is 5.95. The van der Waals surface area contributed by atoms with Crippen LogP contribution in [0.15, 0.2) is 18.2 Å². The van der Waals surface area contributed by atoms with E-state index in [-0.39, 0.29) is 6.61 Å². The zero-order valence-electron chi connectivity index (χ0n) is 8.95. The first kappa shape index (κ1) is 11.5. The number of aryl methyl sites for hydroxylation is 1. The van der Waals surface area contributed by atoms with Crippen LogP contribution in [-0.4, -0.2) is 26.3 Å². The number of carbonyl (C=O) groups excluding carboxylic acids is 1. The molecule has 4 nitrogen and oxygen atoms in total. The lowest BCUT2D eigenvalue weighted by Crippen LogP contribution is -2.12. The van der Waals surface area contributed by atoms with Gasteiger partial charge in [-0.2, -0.15) is 0 Å². The van der Waals surface area contributed by atoms with E-state index in [1.807, 2.05) is 13.0 Å². The second kappa shape index (κ2) is 5.36. The maximum absolute atomic E-state index is 11.5. The van der Waals surface area contributed by atoms with Crippen molar-refractivity contribution in [2.24, 2.45) is 0 Å². The lowest BCUT2D eigenvalue weighted by atomic mass is 10.1. The van der Waals surface area contributed by atoms with E-state index < -0.39 is 5.97 Å². The zero-order chi connectivity index (χ0) is 11.3. The van der Waals surface area contributed by atoms with Gasteiger partial charge in [-0.25, -0.2) is 4.79 Å². The molecule has 0 aromatic heterocycles. The largest absolute Gasteiger partial charge is 0.460 e. The molecule has 1 rings (SSSR count). The van der Waals surface area contributed by atoms with Crippen LogP contribution >= 0.6 is 0 Å². The molecule has 0 unspecified atom stereocenters. The Kier molecular flexibility index (Phi) is 4.12. The molecule has 1 aromatic carbocycles. The fraction of sp³-hybridized carbons (Fsp3) is 0.364. The monoisotopic (exact) mass is 209 g/mol. The summed E-state index contributed by atoms with van der Waals surface area (Å²) < 4.78 is 9.73. The average molecular weight is 209 g/mol. The first-order valence-corrected chi connectivity index (χ1v) is 4.67. The quantitative estimate of drug-likeness (QED) is 0.462. The molecule has 0 aliphatic heterocycles. The topological polar surface area (TPSA) is 61.5 Å². The highest BCUT2D eigenvalue weighted by Crippen LogP contribution is 2.14. The van der Waals surface area contributed by atoms with Crippen LogP contribution in [0.2, 0.25) is 0 Å². The summed E-state index contributed by atoms with van der Waals surface area (Å²) in [5, 5.41) is 0. The number of nitrogen functional groups attached to an aromatic ring is 1. The third-order valence-electron chi connectivity index (χ3n) is 1.95. The van der Waals surface area contributed by atoms with Gasteiger partial charge in [0.05, 0.1) is 12.2 Å². The van der Waals surface area contributed by atoms with Crippen LogP contribution in [0.5, 0.6) is 0 Å². The molecule has 0 spiro atoms. The molecular weight excluding hydrogens is 194 g/mol. The number of hydrogen-bond acceptors (Lipinski definition) is 4. The normalized spacial score (nSPS) is 10.0. The van der Waals surface area contributed by atoms with E-state index in [1.54, 1.807) is 19.2 Å². The Labute approximate surface area is 89.0 Å². The van der Waals surface area contributed by atoms with Gasteiger partial charge in [-0.3, -0.25) is 0 Å². The number of nitrogens with two attached hydrogens (primary N) is 1. The van der Waals surface area contributed by atoms with Crippen LogP contribution < -0.4 is 5.73 Å². The second-order valence-electron chi connectivity index (χ2n) is 3.22. The van der Waals surface area contributed by atoms with Gasteiger partial charge in [0.1, 0.15) is 6.61 Å². The maximum atomic E-state index is 11.5. The lowest BCUT2D eigenvalue weighted by Gasteiger charge is -2.07. The number of hydrogen-bond donors (Lipinski definition) is 1. The Morgan fingerprint density at radius 1 is 1.40 bits per heavy atom. The molecule has 0 heterocycles. The summed E-state index contributed by atoms with van der Waals surface area (Å²) in [5.74, 6) is -0.409. The molecule has 0 saturated carbocycles. The number of carbonyl (C=O) groups is 1. The van der Waals surface area contributed by atoms with E-state index in [4.69, 9.17) is 15.2 Å². The van der Waals surface area contributed by atoms with Crippen molar-refractivity contribution in [1.29, 1.82) is 0 Å². The van der Waals surface area contributed by atoms with Gasteiger partial charge in [-0.1, -0.05) is 11.6 Å². The standard InChI is InChI=1S/C11H15NO3/c1-8-3-4-10(12)9(7-8)11(13)15-6-5-14-2/h3-4,7H,5-6,12H2,1-2H3. The third-order valence-corrected chi connectivity index (χ3v) is 1.95. The van der Waals surface area contributed by atoms with E-state index in [0.717, 1.165) is 5.56 Å². The van der Waals surface area contributed by atoms with Crippen LogP contribution in [0.3, 0.4) is 0 Å². The van der Waals surface area contributed by atoms with Crippen molar-refractivity contribution in [3.8, 4) is 0 Å². The van der Waals surface area contributed by atoms with Gasteiger partial charge >= 0.3 is 5.97 Å². The maximum Gasteiger partial charge on any atom is 0.340 e. The van der Waals surface area contributed by atoms with Gasteiger partial charge < -0.3 is 15.2 Å². The van der Waals surface area contributed by atoms with E-state index in [9.17, 15) is 4.79 Å². The van der Waals surface area contributed by atoms with Crippen LogP contribution in [0.25, 0.3) is 0 Å². The first-order chi connectivity index (χ1) is 7.15. The van der Waals surface area contributed by atoms with Crippen molar-refractivity contribution < 1.29 is 14.3 Å². The van der Waals surface area contributed by atoms with Crippen molar-refractivity contribution in [2.45, 2.75) is 6.92 Å². The molecule has 1 aromatic rings. The van der Waals surface area contributed by atoms with Crippen molar-refractivity contribution in [2.75, 3.05) is 26.1 Å². The average Bonchev–Trinajstić information content (AvgIpc) is 2.22. The smallest absolute Gasteiger partial charge is 0.340 e. The van der Waals surface area contributed by atoms with Crippen LogP contribution in [-0.2, 0) is 9.47 Å². The van der Waals surface area contributed by atoms with Crippen molar-refractivity contribution in [1.82, 2.24) is 0 Å². The van der Waals surface area contributed by atoms with Crippen LogP contribution in [0.1, 0.15) is 15.9 Å². The summed E-state index contributed by atoms with van der Waals surface area (Å²) in [6, 6.07) is 5.26. The molecule has 0 radical (unpaired) electrons. The summed E-state index contributed by atoms with van der Waals surface area (Å²) in [7, 11) is 1.55. The molecule has 0 fully saturated rings. The van der Waals surface area contributed by atoms with E-state index >= 15 is 0 Å². The van der Waals surface area contributed by atoms with Crippen molar-refractivity contribution in [3.63, 3.8) is 0 Å². The number of esters is 1. The van der Waals surface area contributed by atoms with Crippen LogP contribution in [0, 0.1) is 6.92 Å². The second-order valence-corrected chi connectivity index (χ2v) is 3.22. The highest BCUT2D eigenvalue weighted by Gasteiger charge is 2.10. The number of benzene rings is 1. The minimum Gasteiger partial charge on any atom is -0.460 e. The van der Waals surface area contributed by atoms with Crippen LogP contribution in [0.4, 0.5) is 5.69 Å². The summed E-state index contributed by atoms with van der Waals surface area (Å²) >= 11 is 0. The molecule has 2 N–H and O–H groups in total. The Balaban J connectivity index is 2.68. The summed E-state index contributed by atoms with van der Waals surface area (Å²) in [6.07, 6.45) is 0. The summed E-state index contributed by atoms with van der Waals surface area (Å²) in [6.45, 7) is 2.52. The number of methoxy groups -OCH3 is 1. The van der Waals surface area contributed by atoms with Gasteiger partial charge in [0.25, 0.3) is 0 Å². The molecule has 82 valence electrons. The SMILES string of the molecule is COCCOC(=O)c1cc(C)ccc1N. The predicted octanol–water partition coefficient (Wildman–Crippen LogP) is 1.38. The first-order valence-electron chi connectivity index (χ1n) is 4.67. The summed E-state index contributed by atoms with van der Waals surface area (Å²) in [4.78, 5) is 11.5. The molecule has 4 heteroatoms. The predicted molar refractivity (Wildman–Crippen MR) is 57.7 cm³/mol. The minimum absolute atomic E-state index is 0.239. The molecular formula is C11H15NO3. The highest BCUT2D eigenvalue weighted by atomic mass is 16.6. The third kappa shape index (κ3) is 3.25. The molecule has 0 bridgehead atoms. The molecule has 0 aliphatic carbocycles. The van der Waals surface area contributed by atoms with Gasteiger partial charge in [0, 0.05) is 12.8 Å². The zero-order valence-corrected chi connectivity index (χ0v) is 8.95. The lowest BCUT2D eigenvalue weighted by molar-refractivity contribution is 0.0389. The van der Waals surface area contributed by atoms with Gasteiger partial charge in [0.2, 0.25) is 0 Å². The number of rotatable bonds is 4. The molecule has 15 heavy (non-hydrogen) atoms. The molecule has 0 saturated heterocycles. The Hall–Kier alpha value is -1.55.